The summed E-state index contributed by atoms with van der Waals surface area (Å²) in [4.78, 5) is 46.8. The van der Waals surface area contributed by atoms with Crippen molar-refractivity contribution in [1.82, 2.24) is 19.3 Å². The van der Waals surface area contributed by atoms with Crippen LogP contribution >= 0.6 is 0 Å². The highest BCUT2D eigenvalue weighted by Crippen LogP contribution is 2.33. The number of hydrogen-bond donors (Lipinski definition) is 2. The van der Waals surface area contributed by atoms with Crippen LogP contribution in [0.3, 0.4) is 0 Å². The van der Waals surface area contributed by atoms with Gasteiger partial charge < -0.3 is 20.4 Å². The van der Waals surface area contributed by atoms with Crippen molar-refractivity contribution in [2.75, 3.05) is 11.9 Å². The van der Waals surface area contributed by atoms with Crippen LogP contribution in [0.4, 0.5) is 5.69 Å². The predicted octanol–water partition coefficient (Wildman–Crippen LogP) is 1.77. The summed E-state index contributed by atoms with van der Waals surface area (Å²) >= 11 is 0. The Balaban J connectivity index is 1.56. The quantitative estimate of drug-likeness (QED) is 0.642. The average Bonchev–Trinajstić information content (AvgIpc) is 3.21. The van der Waals surface area contributed by atoms with E-state index in [1.54, 1.807) is 11.1 Å². The Morgan fingerprint density at radius 2 is 2.03 bits per heavy atom. The van der Waals surface area contributed by atoms with Gasteiger partial charge in [0.1, 0.15) is 5.65 Å². The zero-order valence-corrected chi connectivity index (χ0v) is 16.5. The molecular weight excluding hydrogens is 384 g/mol. The van der Waals surface area contributed by atoms with Gasteiger partial charge in [-0.15, -0.1) is 0 Å². The number of fused-ring (bicyclic) bond motifs is 1. The highest BCUT2D eigenvalue weighted by Gasteiger charge is 2.34. The van der Waals surface area contributed by atoms with Gasteiger partial charge in [0.25, 0.3) is 0 Å². The van der Waals surface area contributed by atoms with Crippen molar-refractivity contribution in [3.8, 4) is 0 Å². The van der Waals surface area contributed by atoms with Crippen molar-refractivity contribution < 1.29 is 14.4 Å². The van der Waals surface area contributed by atoms with E-state index in [0.717, 1.165) is 24.1 Å². The van der Waals surface area contributed by atoms with Crippen molar-refractivity contribution in [2.24, 2.45) is 11.7 Å². The monoisotopic (exact) mass is 406 g/mol. The Morgan fingerprint density at radius 1 is 1.20 bits per heavy atom. The SMILES string of the molecule is C[C@H]1CC[C@H](c2ccc3nccn3c2)N(C(=O)C(=O)Nc2cncc(C(N)=O)c2)C1. The standard InChI is InChI=1S/C21H22N6O3/c1-13-2-4-17(14-3-5-18-24-6-7-26(18)12-14)27(11-13)21(30)20(29)25-16-8-15(19(22)28)9-23-10-16/h3,5-10,12-13,17H,2,4,11H2,1H3,(H2,22,28)(H,25,29)/t13-,17+/m0/s1. The number of pyridine rings is 2. The molecule has 1 aliphatic rings. The average molecular weight is 406 g/mol. The Kier molecular flexibility index (Phi) is 5.18. The second-order valence-corrected chi connectivity index (χ2v) is 7.59. The van der Waals surface area contributed by atoms with E-state index in [1.165, 1.54) is 18.5 Å². The lowest BCUT2D eigenvalue weighted by Gasteiger charge is -2.38. The molecule has 0 spiro atoms. The number of aromatic nitrogens is 3. The van der Waals surface area contributed by atoms with Crippen LogP contribution in [0.25, 0.3) is 5.65 Å². The largest absolute Gasteiger partial charge is 0.366 e. The highest BCUT2D eigenvalue weighted by molar-refractivity contribution is 6.39. The van der Waals surface area contributed by atoms with Crippen molar-refractivity contribution in [3.63, 3.8) is 0 Å². The summed E-state index contributed by atoms with van der Waals surface area (Å²) in [5, 5.41) is 2.53. The van der Waals surface area contributed by atoms with E-state index in [2.05, 4.69) is 22.2 Å². The fraction of sp³-hybridized carbons (Fsp3) is 0.286. The number of carbonyl (C=O) groups is 3. The molecule has 0 aromatic carbocycles. The van der Waals surface area contributed by atoms with Gasteiger partial charge in [0.2, 0.25) is 5.91 Å². The van der Waals surface area contributed by atoms with Crippen LogP contribution < -0.4 is 11.1 Å². The molecule has 30 heavy (non-hydrogen) atoms. The van der Waals surface area contributed by atoms with Crippen LogP contribution in [0.15, 0.2) is 49.2 Å². The first-order valence-corrected chi connectivity index (χ1v) is 9.72. The Hall–Kier alpha value is -3.75. The number of nitrogens with zero attached hydrogens (tertiary/aromatic N) is 4. The van der Waals surface area contributed by atoms with Gasteiger partial charge in [-0.2, -0.15) is 0 Å². The number of likely N-dealkylation sites (tertiary alicyclic amines) is 1. The van der Waals surface area contributed by atoms with E-state index in [-0.39, 0.29) is 23.2 Å². The van der Waals surface area contributed by atoms with Crippen LogP contribution in [0.1, 0.15) is 41.7 Å². The molecule has 0 unspecified atom stereocenters. The third kappa shape index (κ3) is 3.86. The van der Waals surface area contributed by atoms with Crippen LogP contribution in [0.2, 0.25) is 0 Å². The second-order valence-electron chi connectivity index (χ2n) is 7.59. The Morgan fingerprint density at radius 3 is 2.83 bits per heavy atom. The predicted molar refractivity (Wildman–Crippen MR) is 109 cm³/mol. The molecule has 0 aliphatic carbocycles. The minimum Gasteiger partial charge on any atom is -0.366 e. The summed E-state index contributed by atoms with van der Waals surface area (Å²) in [6.45, 7) is 2.55. The fourth-order valence-corrected chi connectivity index (χ4v) is 3.82. The number of nitrogens with one attached hydrogen (secondary N) is 1. The van der Waals surface area contributed by atoms with Crippen molar-refractivity contribution in [1.29, 1.82) is 0 Å². The number of rotatable bonds is 3. The van der Waals surface area contributed by atoms with E-state index in [0.29, 0.717) is 6.54 Å². The zero-order chi connectivity index (χ0) is 21.3. The number of anilines is 1. The third-order valence-corrected chi connectivity index (χ3v) is 5.35. The van der Waals surface area contributed by atoms with Gasteiger partial charge in [-0.1, -0.05) is 13.0 Å². The number of nitrogens with two attached hydrogens (primary N) is 1. The van der Waals surface area contributed by atoms with Crippen molar-refractivity contribution >= 4 is 29.1 Å². The number of amides is 3. The third-order valence-electron chi connectivity index (χ3n) is 5.35. The molecule has 9 nitrogen and oxygen atoms in total. The van der Waals surface area contributed by atoms with Gasteiger partial charge in [0.15, 0.2) is 0 Å². The van der Waals surface area contributed by atoms with E-state index in [9.17, 15) is 14.4 Å². The minimum atomic E-state index is -0.777. The molecule has 1 aliphatic heterocycles. The van der Waals surface area contributed by atoms with E-state index >= 15 is 0 Å². The molecule has 0 saturated carbocycles. The summed E-state index contributed by atoms with van der Waals surface area (Å²) in [5.74, 6) is -1.78. The first-order valence-electron chi connectivity index (χ1n) is 9.72. The van der Waals surface area contributed by atoms with E-state index in [4.69, 9.17) is 5.73 Å². The molecule has 2 atom stereocenters. The molecule has 4 rings (SSSR count). The Labute approximate surface area is 172 Å². The number of carbonyl (C=O) groups excluding carboxylic acids is 3. The highest BCUT2D eigenvalue weighted by atomic mass is 16.2. The van der Waals surface area contributed by atoms with Gasteiger partial charge >= 0.3 is 11.8 Å². The molecule has 0 radical (unpaired) electrons. The lowest BCUT2D eigenvalue weighted by molar-refractivity contribution is -0.146. The molecule has 154 valence electrons. The summed E-state index contributed by atoms with van der Waals surface area (Å²) in [6, 6.07) is 5.03. The molecule has 9 heteroatoms. The lowest BCUT2D eigenvalue weighted by Crippen LogP contribution is -2.46. The molecule has 3 N–H and O–H groups in total. The molecule has 3 aromatic heterocycles. The maximum atomic E-state index is 13.0. The van der Waals surface area contributed by atoms with E-state index in [1.807, 2.05) is 28.9 Å². The topological polar surface area (TPSA) is 123 Å². The fourth-order valence-electron chi connectivity index (χ4n) is 3.82. The number of primary amides is 1. The first kappa shape index (κ1) is 19.6. The summed E-state index contributed by atoms with van der Waals surface area (Å²) in [5.41, 5.74) is 7.41. The maximum Gasteiger partial charge on any atom is 0.313 e. The molecule has 1 saturated heterocycles. The lowest BCUT2D eigenvalue weighted by atomic mass is 9.90. The van der Waals surface area contributed by atoms with Gasteiger partial charge in [-0.25, -0.2) is 4.98 Å². The molecule has 3 aromatic rings. The van der Waals surface area contributed by atoms with Gasteiger partial charge in [-0.05, 0) is 36.5 Å². The summed E-state index contributed by atoms with van der Waals surface area (Å²) < 4.78 is 1.90. The molecule has 4 heterocycles. The number of hydrogen-bond acceptors (Lipinski definition) is 5. The summed E-state index contributed by atoms with van der Waals surface area (Å²) in [6.07, 6.45) is 9.90. The maximum absolute atomic E-state index is 13.0. The normalized spacial score (nSPS) is 18.9. The van der Waals surface area contributed by atoms with Crippen LogP contribution in [-0.4, -0.2) is 43.5 Å². The summed E-state index contributed by atoms with van der Waals surface area (Å²) in [7, 11) is 0. The van der Waals surface area contributed by atoms with Crippen molar-refractivity contribution in [2.45, 2.75) is 25.8 Å². The first-order chi connectivity index (χ1) is 14.4. The number of imidazole rings is 1. The molecule has 0 bridgehead atoms. The van der Waals surface area contributed by atoms with Gasteiger partial charge in [-0.3, -0.25) is 19.4 Å². The van der Waals surface area contributed by atoms with Gasteiger partial charge in [0, 0.05) is 31.3 Å². The Bertz CT molecular complexity index is 1120. The van der Waals surface area contributed by atoms with Crippen LogP contribution in [0, 0.1) is 5.92 Å². The molecular formula is C21H22N6O3. The van der Waals surface area contributed by atoms with Crippen LogP contribution in [-0.2, 0) is 9.59 Å². The molecule has 3 amide bonds. The number of piperidine rings is 1. The second kappa shape index (κ2) is 7.94. The minimum absolute atomic E-state index is 0.151. The smallest absolute Gasteiger partial charge is 0.313 e. The van der Waals surface area contributed by atoms with Crippen LogP contribution in [0.5, 0.6) is 0 Å². The zero-order valence-electron chi connectivity index (χ0n) is 16.5. The van der Waals surface area contributed by atoms with Crippen molar-refractivity contribution in [3.05, 3.63) is 60.3 Å². The van der Waals surface area contributed by atoms with E-state index < -0.39 is 17.7 Å². The molecule has 1 fully saturated rings. The van der Waals surface area contributed by atoms with Gasteiger partial charge in [0.05, 0.1) is 23.5 Å².